The molecule has 9 heteroatoms. The molecular weight excluding hydrogens is 410 g/mol. The number of carbonyl (C=O) groups excluding carboxylic acids is 1. The van der Waals surface area contributed by atoms with Gasteiger partial charge in [0.25, 0.3) is 0 Å². The predicted molar refractivity (Wildman–Crippen MR) is 115 cm³/mol. The molecule has 1 amide bonds. The summed E-state index contributed by atoms with van der Waals surface area (Å²) in [6, 6.07) is 12.9. The van der Waals surface area contributed by atoms with Crippen molar-refractivity contribution >= 4 is 51.5 Å². The number of anilines is 1. The number of ether oxygens (including phenoxy) is 1. The molecule has 2 aromatic carbocycles. The third-order valence-electron chi connectivity index (χ3n) is 4.33. The summed E-state index contributed by atoms with van der Waals surface area (Å²) in [6.45, 7) is 3.65. The largest absolute Gasteiger partial charge is 0.495 e. The van der Waals surface area contributed by atoms with Crippen LogP contribution in [-0.2, 0) is 4.79 Å². The van der Waals surface area contributed by atoms with Crippen LogP contribution >= 0.6 is 23.4 Å². The molecule has 1 N–H and O–H groups in total. The fourth-order valence-electron chi connectivity index (χ4n) is 2.91. The Bertz CT molecular complexity index is 1230. The highest BCUT2D eigenvalue weighted by Crippen LogP contribution is 2.29. The van der Waals surface area contributed by atoms with Crippen LogP contribution in [0.25, 0.3) is 16.6 Å². The van der Waals surface area contributed by atoms with Crippen molar-refractivity contribution in [3.8, 4) is 5.75 Å². The molecule has 29 heavy (non-hydrogen) atoms. The monoisotopic (exact) mass is 427 g/mol. The number of hydrogen-bond donors (Lipinski definition) is 1. The molecule has 0 aliphatic heterocycles. The zero-order valence-corrected chi connectivity index (χ0v) is 17.6. The van der Waals surface area contributed by atoms with Crippen LogP contribution in [0.15, 0.2) is 47.6 Å². The molecule has 0 radical (unpaired) electrons. The number of carbonyl (C=O) groups is 1. The smallest absolute Gasteiger partial charge is 0.237 e. The van der Waals surface area contributed by atoms with Gasteiger partial charge in [0.2, 0.25) is 5.91 Å². The summed E-state index contributed by atoms with van der Waals surface area (Å²) in [4.78, 5) is 21.9. The highest BCUT2D eigenvalue weighted by Gasteiger charge is 2.20. The van der Waals surface area contributed by atoms with Gasteiger partial charge in [-0.2, -0.15) is 4.52 Å². The van der Waals surface area contributed by atoms with Crippen molar-refractivity contribution in [2.45, 2.75) is 24.3 Å². The summed E-state index contributed by atoms with van der Waals surface area (Å²) in [7, 11) is 1.54. The summed E-state index contributed by atoms with van der Waals surface area (Å²) in [6.07, 6.45) is 0. The minimum Gasteiger partial charge on any atom is -0.495 e. The second kappa shape index (κ2) is 7.88. The highest BCUT2D eigenvalue weighted by molar-refractivity contribution is 8.00. The molecule has 0 saturated carbocycles. The number of thioether (sulfide) groups is 1. The second-order valence-corrected chi connectivity index (χ2v) is 8.12. The lowest BCUT2D eigenvalue weighted by Crippen LogP contribution is -2.23. The van der Waals surface area contributed by atoms with Gasteiger partial charge in [-0.15, -0.1) is 5.10 Å². The fraction of sp³-hybridized carbons (Fsp3) is 0.200. The lowest BCUT2D eigenvalue weighted by atomic mass is 10.2. The number of methoxy groups -OCH3 is 1. The van der Waals surface area contributed by atoms with E-state index in [9.17, 15) is 4.79 Å². The number of hydrogen-bond acceptors (Lipinski definition) is 6. The van der Waals surface area contributed by atoms with E-state index in [1.165, 1.54) is 11.8 Å². The van der Waals surface area contributed by atoms with Crippen LogP contribution in [0.5, 0.6) is 5.75 Å². The lowest BCUT2D eigenvalue weighted by molar-refractivity contribution is -0.115. The molecule has 1 atom stereocenters. The molecule has 0 saturated heterocycles. The minimum absolute atomic E-state index is 0.170. The number of fused-ring (bicyclic) bond motifs is 3. The van der Waals surface area contributed by atoms with Gasteiger partial charge in [0.05, 0.1) is 22.9 Å². The topological polar surface area (TPSA) is 81.4 Å². The van der Waals surface area contributed by atoms with Crippen LogP contribution in [-0.4, -0.2) is 37.8 Å². The number of aromatic nitrogens is 4. The first-order chi connectivity index (χ1) is 14.0. The number of rotatable bonds is 5. The van der Waals surface area contributed by atoms with Crippen molar-refractivity contribution in [1.29, 1.82) is 0 Å². The molecule has 0 spiro atoms. The Labute approximate surface area is 176 Å². The molecule has 0 bridgehead atoms. The van der Waals surface area contributed by atoms with Gasteiger partial charge >= 0.3 is 0 Å². The number of benzene rings is 2. The number of amides is 1. The van der Waals surface area contributed by atoms with Gasteiger partial charge in [-0.1, -0.05) is 35.5 Å². The molecule has 1 unspecified atom stereocenters. The molecule has 2 heterocycles. The van der Waals surface area contributed by atoms with Crippen molar-refractivity contribution in [3.63, 3.8) is 0 Å². The van der Waals surface area contributed by atoms with Crippen LogP contribution in [0.1, 0.15) is 12.7 Å². The molecule has 7 nitrogen and oxygen atoms in total. The normalized spacial score (nSPS) is 12.3. The van der Waals surface area contributed by atoms with Gasteiger partial charge < -0.3 is 10.1 Å². The van der Waals surface area contributed by atoms with Gasteiger partial charge in [-0.25, -0.2) is 9.97 Å². The predicted octanol–water partition coefficient (Wildman–Crippen LogP) is 4.37. The van der Waals surface area contributed by atoms with Gasteiger partial charge in [-0.3, -0.25) is 4.79 Å². The average molecular weight is 428 g/mol. The molecule has 4 rings (SSSR count). The Morgan fingerprint density at radius 3 is 2.79 bits per heavy atom. The van der Waals surface area contributed by atoms with Crippen molar-refractivity contribution in [2.75, 3.05) is 12.4 Å². The minimum atomic E-state index is -0.419. The van der Waals surface area contributed by atoms with Gasteiger partial charge in [0, 0.05) is 11.1 Å². The van der Waals surface area contributed by atoms with Crippen LogP contribution < -0.4 is 10.1 Å². The summed E-state index contributed by atoms with van der Waals surface area (Å²) in [5.41, 5.74) is 2.14. The van der Waals surface area contributed by atoms with Crippen LogP contribution in [0.2, 0.25) is 5.02 Å². The number of nitrogens with zero attached hydrogens (tertiary/aromatic N) is 4. The summed E-state index contributed by atoms with van der Waals surface area (Å²) in [5.74, 6) is 1.03. The maximum Gasteiger partial charge on any atom is 0.237 e. The number of nitrogens with one attached hydrogen (secondary N) is 1. The van der Waals surface area contributed by atoms with E-state index in [0.717, 1.165) is 16.6 Å². The molecular formula is C20H18ClN5O2S. The Morgan fingerprint density at radius 2 is 2.03 bits per heavy atom. The summed E-state index contributed by atoms with van der Waals surface area (Å²) >= 11 is 7.46. The van der Waals surface area contributed by atoms with E-state index in [1.54, 1.807) is 29.8 Å². The van der Waals surface area contributed by atoms with E-state index in [4.69, 9.17) is 16.3 Å². The van der Waals surface area contributed by atoms with Crippen molar-refractivity contribution in [2.24, 2.45) is 0 Å². The van der Waals surface area contributed by atoms with Gasteiger partial charge in [-0.05, 0) is 44.2 Å². The Hall–Kier alpha value is -2.84. The first-order valence-corrected chi connectivity index (χ1v) is 10.1. The number of halogens is 1. The first-order valence-electron chi connectivity index (χ1n) is 8.89. The standard InChI is InChI=1S/C20H18ClN5O2S/c1-11(19(27)23-13-8-9-17(28-3)15(21)10-13)29-20-24-16-7-5-4-6-14(16)18-22-12(2)25-26(18)20/h4-11H,1-3H3,(H,23,27). The summed E-state index contributed by atoms with van der Waals surface area (Å²) in [5, 5.41) is 8.86. The lowest BCUT2D eigenvalue weighted by Gasteiger charge is -2.13. The van der Waals surface area contributed by atoms with Crippen LogP contribution in [0.4, 0.5) is 5.69 Å². The van der Waals surface area contributed by atoms with Crippen LogP contribution in [0.3, 0.4) is 0 Å². The second-order valence-electron chi connectivity index (χ2n) is 6.40. The zero-order valence-electron chi connectivity index (χ0n) is 16.0. The van der Waals surface area contributed by atoms with Crippen molar-refractivity contribution in [3.05, 3.63) is 53.3 Å². The van der Waals surface area contributed by atoms with E-state index in [2.05, 4.69) is 20.4 Å². The molecule has 0 aliphatic carbocycles. The Balaban J connectivity index is 1.60. The molecule has 2 aromatic heterocycles. The zero-order chi connectivity index (χ0) is 20.5. The first kappa shape index (κ1) is 19.5. The van der Waals surface area contributed by atoms with E-state index >= 15 is 0 Å². The SMILES string of the molecule is COc1ccc(NC(=O)C(C)Sc2nc3ccccc3c3nc(C)nn23)cc1Cl. The Kier molecular flexibility index (Phi) is 5.29. The third kappa shape index (κ3) is 3.86. The fourth-order valence-corrected chi connectivity index (χ4v) is 4.03. The highest BCUT2D eigenvalue weighted by atomic mass is 35.5. The van der Waals surface area contributed by atoms with E-state index < -0.39 is 5.25 Å². The van der Waals surface area contributed by atoms with E-state index in [-0.39, 0.29) is 5.91 Å². The van der Waals surface area contributed by atoms with E-state index in [1.807, 2.05) is 38.1 Å². The quantitative estimate of drug-likeness (QED) is 0.376. The number of para-hydroxylation sites is 1. The molecule has 148 valence electrons. The molecule has 0 fully saturated rings. The number of aryl methyl sites for hydroxylation is 1. The van der Waals surface area contributed by atoms with E-state index in [0.29, 0.717) is 27.4 Å². The van der Waals surface area contributed by atoms with Crippen molar-refractivity contribution < 1.29 is 9.53 Å². The van der Waals surface area contributed by atoms with Crippen LogP contribution in [0, 0.1) is 6.92 Å². The Morgan fingerprint density at radius 1 is 1.24 bits per heavy atom. The molecule has 4 aromatic rings. The maximum atomic E-state index is 12.7. The third-order valence-corrected chi connectivity index (χ3v) is 5.66. The summed E-state index contributed by atoms with van der Waals surface area (Å²) < 4.78 is 6.83. The molecule has 0 aliphatic rings. The van der Waals surface area contributed by atoms with Gasteiger partial charge in [0.15, 0.2) is 10.8 Å². The maximum absolute atomic E-state index is 12.7. The van der Waals surface area contributed by atoms with Gasteiger partial charge in [0.1, 0.15) is 11.6 Å². The van der Waals surface area contributed by atoms with Crippen molar-refractivity contribution in [1.82, 2.24) is 19.6 Å². The average Bonchev–Trinajstić information content (AvgIpc) is 3.10.